The average Bonchev–Trinajstić information content (AvgIpc) is 3.20. The molecule has 1 aromatic rings. The predicted molar refractivity (Wildman–Crippen MR) is 77.8 cm³/mol. The lowest BCUT2D eigenvalue weighted by molar-refractivity contribution is 0.0284. The van der Waals surface area contributed by atoms with Crippen LogP contribution >= 0.6 is 11.5 Å². The normalized spacial score (nSPS) is 20.6. The Labute approximate surface area is 119 Å². The van der Waals surface area contributed by atoms with E-state index in [1.54, 1.807) is 0 Å². The highest BCUT2D eigenvalue weighted by Gasteiger charge is 2.27. The number of hydrogen-bond acceptors (Lipinski definition) is 5. The molecule has 1 heterocycles. The number of hydrogen-bond donors (Lipinski definition) is 1. The van der Waals surface area contributed by atoms with Gasteiger partial charge in [-0.15, -0.1) is 0 Å². The molecule has 0 bridgehead atoms. The van der Waals surface area contributed by atoms with Gasteiger partial charge in [-0.3, -0.25) is 0 Å². The van der Waals surface area contributed by atoms with Crippen LogP contribution in [0, 0.1) is 0 Å². The van der Waals surface area contributed by atoms with E-state index >= 15 is 0 Å². The van der Waals surface area contributed by atoms with Crippen molar-refractivity contribution in [3.63, 3.8) is 0 Å². The van der Waals surface area contributed by atoms with Crippen molar-refractivity contribution in [2.75, 3.05) is 18.5 Å². The third kappa shape index (κ3) is 4.14. The highest BCUT2D eigenvalue weighted by atomic mass is 32.1. The van der Waals surface area contributed by atoms with Gasteiger partial charge < -0.3 is 10.1 Å². The number of nitrogens with zero attached hydrogens (tertiary/aromatic N) is 2. The van der Waals surface area contributed by atoms with E-state index in [-0.39, 0.29) is 0 Å². The van der Waals surface area contributed by atoms with Crippen molar-refractivity contribution < 1.29 is 4.74 Å². The third-order valence-electron chi connectivity index (χ3n) is 3.89. The molecule has 0 atom stereocenters. The highest BCUT2D eigenvalue weighted by molar-refractivity contribution is 7.09. The van der Waals surface area contributed by atoms with Crippen molar-refractivity contribution in [3.8, 4) is 0 Å². The number of ether oxygens (including phenoxy) is 1. The molecule has 0 unspecified atom stereocenters. The summed E-state index contributed by atoms with van der Waals surface area (Å²) in [5.74, 6) is 1.70. The van der Waals surface area contributed by atoms with Gasteiger partial charge in [0.2, 0.25) is 5.13 Å². The van der Waals surface area contributed by atoms with Gasteiger partial charge in [0.1, 0.15) is 5.82 Å². The third-order valence-corrected chi connectivity index (χ3v) is 4.57. The van der Waals surface area contributed by atoms with Crippen molar-refractivity contribution >= 4 is 16.7 Å². The predicted octanol–water partition coefficient (Wildman–Crippen LogP) is 3.57. The van der Waals surface area contributed by atoms with E-state index in [1.807, 2.05) is 0 Å². The lowest BCUT2D eigenvalue weighted by atomic mass is 9.98. The quantitative estimate of drug-likeness (QED) is 0.776. The Kier molecular flexibility index (Phi) is 4.66. The molecular weight excluding hydrogens is 258 g/mol. The van der Waals surface area contributed by atoms with Gasteiger partial charge in [0, 0.05) is 30.6 Å². The van der Waals surface area contributed by atoms with Crippen LogP contribution in [0.3, 0.4) is 0 Å². The topological polar surface area (TPSA) is 47.0 Å². The zero-order chi connectivity index (χ0) is 12.9. The fraction of sp³-hybridized carbons (Fsp3) is 0.857. The monoisotopic (exact) mass is 281 g/mol. The number of rotatable bonds is 7. The molecule has 0 aliphatic heterocycles. The van der Waals surface area contributed by atoms with Gasteiger partial charge in [0.05, 0.1) is 6.10 Å². The van der Waals surface area contributed by atoms with Crippen molar-refractivity contribution in [1.29, 1.82) is 0 Å². The number of nitrogens with one attached hydrogen (secondary N) is 1. The molecular formula is C14H23N3OS. The molecule has 106 valence electrons. The average molecular weight is 281 g/mol. The Hall–Kier alpha value is -0.680. The maximum atomic E-state index is 5.90. The summed E-state index contributed by atoms with van der Waals surface area (Å²) in [4.78, 5) is 4.52. The molecule has 4 nitrogen and oxygen atoms in total. The van der Waals surface area contributed by atoms with E-state index in [1.165, 1.54) is 56.5 Å². The Morgan fingerprint density at radius 2 is 2.00 bits per heavy atom. The zero-order valence-electron chi connectivity index (χ0n) is 11.4. The van der Waals surface area contributed by atoms with Crippen LogP contribution in [-0.2, 0) is 4.74 Å². The van der Waals surface area contributed by atoms with E-state index in [2.05, 4.69) is 14.7 Å². The summed E-state index contributed by atoms with van der Waals surface area (Å²) in [6.45, 7) is 1.80. The molecule has 0 radical (unpaired) electrons. The summed E-state index contributed by atoms with van der Waals surface area (Å²) in [5, 5.41) is 4.32. The first-order chi connectivity index (χ1) is 9.42. The standard InChI is InChI=1S/C14H23N3OS/c1-2-5-12(6-3-1)18-10-4-9-15-14-16-13(17-19-14)11-7-8-11/h11-12H,1-10H2,(H,15,16,17). The Balaban J connectivity index is 1.27. The van der Waals surface area contributed by atoms with Crippen LogP contribution in [0.25, 0.3) is 0 Å². The van der Waals surface area contributed by atoms with Crippen LogP contribution < -0.4 is 5.32 Å². The van der Waals surface area contributed by atoms with Crippen LogP contribution in [-0.4, -0.2) is 28.6 Å². The van der Waals surface area contributed by atoms with E-state index in [4.69, 9.17) is 4.74 Å². The van der Waals surface area contributed by atoms with Gasteiger partial charge in [-0.25, -0.2) is 4.98 Å². The first-order valence-corrected chi connectivity index (χ1v) is 8.38. The molecule has 0 saturated heterocycles. The molecule has 2 aliphatic rings. The molecule has 1 aromatic heterocycles. The fourth-order valence-corrected chi connectivity index (χ4v) is 3.23. The molecule has 5 heteroatoms. The number of anilines is 1. The van der Waals surface area contributed by atoms with Gasteiger partial charge in [-0.05, 0) is 32.1 Å². The SMILES string of the molecule is C1CCC(OCCCNc2nc(C3CC3)ns2)CC1. The summed E-state index contributed by atoms with van der Waals surface area (Å²) in [7, 11) is 0. The minimum atomic E-state index is 0.525. The van der Waals surface area contributed by atoms with Crippen molar-refractivity contribution in [2.24, 2.45) is 0 Å². The second-order valence-electron chi connectivity index (χ2n) is 5.64. The second kappa shape index (κ2) is 6.66. The molecule has 2 fully saturated rings. The van der Waals surface area contributed by atoms with E-state index in [0.29, 0.717) is 12.0 Å². The zero-order valence-corrected chi connectivity index (χ0v) is 12.3. The lowest BCUT2D eigenvalue weighted by Gasteiger charge is -2.21. The van der Waals surface area contributed by atoms with Crippen LogP contribution in [0.15, 0.2) is 0 Å². The van der Waals surface area contributed by atoms with Gasteiger partial charge in [0.25, 0.3) is 0 Å². The molecule has 19 heavy (non-hydrogen) atoms. The van der Waals surface area contributed by atoms with Crippen molar-refractivity contribution in [2.45, 2.75) is 63.4 Å². The van der Waals surface area contributed by atoms with Gasteiger partial charge >= 0.3 is 0 Å². The molecule has 2 aliphatic carbocycles. The van der Waals surface area contributed by atoms with Crippen molar-refractivity contribution in [1.82, 2.24) is 9.36 Å². The molecule has 1 N–H and O–H groups in total. The van der Waals surface area contributed by atoms with E-state index in [0.717, 1.165) is 30.5 Å². The summed E-state index contributed by atoms with van der Waals surface area (Å²) in [5.41, 5.74) is 0. The minimum Gasteiger partial charge on any atom is -0.378 e. The summed E-state index contributed by atoms with van der Waals surface area (Å²) in [6, 6.07) is 0. The van der Waals surface area contributed by atoms with Crippen molar-refractivity contribution in [3.05, 3.63) is 5.82 Å². The van der Waals surface area contributed by atoms with Gasteiger partial charge in [-0.2, -0.15) is 4.37 Å². The smallest absolute Gasteiger partial charge is 0.202 e. The first kappa shape index (κ1) is 13.3. The largest absolute Gasteiger partial charge is 0.378 e. The first-order valence-electron chi connectivity index (χ1n) is 7.61. The van der Waals surface area contributed by atoms with Crippen LogP contribution in [0.4, 0.5) is 5.13 Å². The molecule has 0 aromatic carbocycles. The Bertz CT molecular complexity index is 386. The highest BCUT2D eigenvalue weighted by Crippen LogP contribution is 2.39. The summed E-state index contributed by atoms with van der Waals surface area (Å²) in [6.07, 6.45) is 10.7. The maximum Gasteiger partial charge on any atom is 0.202 e. The van der Waals surface area contributed by atoms with Gasteiger partial charge in [-0.1, -0.05) is 19.3 Å². The van der Waals surface area contributed by atoms with Crippen LogP contribution in [0.5, 0.6) is 0 Å². The summed E-state index contributed by atoms with van der Waals surface area (Å²) < 4.78 is 10.3. The Morgan fingerprint density at radius 3 is 2.79 bits per heavy atom. The fourth-order valence-electron chi connectivity index (χ4n) is 2.56. The van der Waals surface area contributed by atoms with Gasteiger partial charge in [0.15, 0.2) is 0 Å². The maximum absolute atomic E-state index is 5.90. The van der Waals surface area contributed by atoms with Crippen LogP contribution in [0.2, 0.25) is 0 Å². The van der Waals surface area contributed by atoms with E-state index < -0.39 is 0 Å². The minimum absolute atomic E-state index is 0.525. The Morgan fingerprint density at radius 1 is 1.16 bits per heavy atom. The molecule has 3 rings (SSSR count). The summed E-state index contributed by atoms with van der Waals surface area (Å²) >= 11 is 1.49. The van der Waals surface area contributed by atoms with E-state index in [9.17, 15) is 0 Å². The molecule has 2 saturated carbocycles. The van der Waals surface area contributed by atoms with Crippen LogP contribution in [0.1, 0.15) is 63.1 Å². The number of aromatic nitrogens is 2. The second-order valence-corrected chi connectivity index (χ2v) is 6.39. The lowest BCUT2D eigenvalue weighted by Crippen LogP contribution is -2.18. The molecule has 0 amide bonds. The molecule has 0 spiro atoms.